The molecule has 0 saturated heterocycles. The van der Waals surface area contributed by atoms with Crippen molar-refractivity contribution in [1.82, 2.24) is 5.32 Å². The molecule has 1 aliphatic heterocycles. The van der Waals surface area contributed by atoms with Crippen LogP contribution >= 0.6 is 0 Å². The van der Waals surface area contributed by atoms with Crippen molar-refractivity contribution in [2.45, 2.75) is 38.7 Å². The number of carbonyl (C=O) groups is 3. The molecule has 1 aromatic carbocycles. The lowest BCUT2D eigenvalue weighted by Crippen LogP contribution is -2.36. The van der Waals surface area contributed by atoms with E-state index in [9.17, 15) is 14.4 Å². The van der Waals surface area contributed by atoms with Crippen molar-refractivity contribution in [3.05, 3.63) is 29.8 Å². The highest BCUT2D eigenvalue weighted by Crippen LogP contribution is 2.31. The maximum Gasteiger partial charge on any atom is 0.307 e. The van der Waals surface area contributed by atoms with Gasteiger partial charge in [-0.3, -0.25) is 14.4 Å². The summed E-state index contributed by atoms with van der Waals surface area (Å²) in [4.78, 5) is 35.4. The van der Waals surface area contributed by atoms with Gasteiger partial charge in [0.05, 0.1) is 18.4 Å². The molecule has 1 atom stereocenters. The Morgan fingerprint density at radius 1 is 1.36 bits per heavy atom. The van der Waals surface area contributed by atoms with E-state index in [0.29, 0.717) is 5.69 Å². The van der Waals surface area contributed by atoms with Gasteiger partial charge in [0.15, 0.2) is 0 Å². The second-order valence-corrected chi connectivity index (χ2v) is 5.47. The quantitative estimate of drug-likeness (QED) is 0.809. The summed E-state index contributed by atoms with van der Waals surface area (Å²) in [6.45, 7) is 3.74. The number of esters is 1. The SMILES string of the molecule is CC(C)OC(=O)CCNC(=O)C1CC(=O)Nc2ccccc21. The Bertz CT molecular complexity index is 583. The highest BCUT2D eigenvalue weighted by atomic mass is 16.5. The lowest BCUT2D eigenvalue weighted by molar-refractivity contribution is -0.147. The molecule has 0 spiro atoms. The van der Waals surface area contributed by atoms with E-state index in [1.54, 1.807) is 26.0 Å². The van der Waals surface area contributed by atoms with E-state index in [-0.39, 0.29) is 43.3 Å². The number of hydrogen-bond donors (Lipinski definition) is 2. The topological polar surface area (TPSA) is 84.5 Å². The predicted octanol–water partition coefficient (Wildman–Crippen LogP) is 1.57. The number of fused-ring (bicyclic) bond motifs is 1. The summed E-state index contributed by atoms with van der Waals surface area (Å²) in [7, 11) is 0. The maximum absolute atomic E-state index is 12.3. The fourth-order valence-corrected chi connectivity index (χ4v) is 2.38. The number of amides is 2. The van der Waals surface area contributed by atoms with Crippen molar-refractivity contribution in [2.24, 2.45) is 0 Å². The number of hydrogen-bond acceptors (Lipinski definition) is 4. The number of ether oxygens (including phenoxy) is 1. The van der Waals surface area contributed by atoms with Gasteiger partial charge < -0.3 is 15.4 Å². The van der Waals surface area contributed by atoms with Gasteiger partial charge in [-0.15, -0.1) is 0 Å². The fourth-order valence-electron chi connectivity index (χ4n) is 2.38. The smallest absolute Gasteiger partial charge is 0.307 e. The third-order valence-corrected chi connectivity index (χ3v) is 3.31. The number of rotatable bonds is 5. The Morgan fingerprint density at radius 2 is 2.09 bits per heavy atom. The summed E-state index contributed by atoms with van der Waals surface area (Å²) in [5.41, 5.74) is 1.46. The van der Waals surface area contributed by atoms with Gasteiger partial charge in [0, 0.05) is 18.7 Å². The zero-order valence-electron chi connectivity index (χ0n) is 12.7. The summed E-state index contributed by atoms with van der Waals surface area (Å²) < 4.78 is 5.00. The van der Waals surface area contributed by atoms with E-state index in [2.05, 4.69) is 10.6 Å². The van der Waals surface area contributed by atoms with Gasteiger partial charge in [-0.2, -0.15) is 0 Å². The van der Waals surface area contributed by atoms with E-state index in [0.717, 1.165) is 5.56 Å². The zero-order chi connectivity index (χ0) is 16.1. The largest absolute Gasteiger partial charge is 0.463 e. The highest BCUT2D eigenvalue weighted by molar-refractivity contribution is 6.01. The number of nitrogens with one attached hydrogen (secondary N) is 2. The van der Waals surface area contributed by atoms with Crippen LogP contribution in [0.15, 0.2) is 24.3 Å². The molecule has 2 amide bonds. The van der Waals surface area contributed by atoms with Gasteiger partial charge in [0.2, 0.25) is 11.8 Å². The number of benzene rings is 1. The molecule has 0 fully saturated rings. The second-order valence-electron chi connectivity index (χ2n) is 5.47. The monoisotopic (exact) mass is 304 g/mol. The molecule has 0 bridgehead atoms. The minimum absolute atomic E-state index is 0.110. The van der Waals surface area contributed by atoms with Crippen molar-refractivity contribution in [1.29, 1.82) is 0 Å². The second kappa shape index (κ2) is 7.06. The molecule has 2 N–H and O–H groups in total. The third-order valence-electron chi connectivity index (χ3n) is 3.31. The average molecular weight is 304 g/mol. The molecule has 0 radical (unpaired) electrons. The number of anilines is 1. The molecule has 118 valence electrons. The highest BCUT2D eigenvalue weighted by Gasteiger charge is 2.30. The molecular weight excluding hydrogens is 284 g/mol. The van der Waals surface area contributed by atoms with E-state index in [1.165, 1.54) is 0 Å². The molecular formula is C16H20N2O4. The van der Waals surface area contributed by atoms with Crippen LogP contribution in [0.4, 0.5) is 5.69 Å². The lowest BCUT2D eigenvalue weighted by atomic mass is 9.90. The van der Waals surface area contributed by atoms with Gasteiger partial charge >= 0.3 is 5.97 Å². The van der Waals surface area contributed by atoms with Crippen LogP contribution in [0, 0.1) is 0 Å². The first-order chi connectivity index (χ1) is 10.5. The molecule has 6 nitrogen and oxygen atoms in total. The van der Waals surface area contributed by atoms with Gasteiger partial charge in [-0.25, -0.2) is 0 Å². The maximum atomic E-state index is 12.3. The third kappa shape index (κ3) is 4.07. The van der Waals surface area contributed by atoms with Crippen LogP contribution in [0.3, 0.4) is 0 Å². The Kier molecular flexibility index (Phi) is 5.14. The zero-order valence-corrected chi connectivity index (χ0v) is 12.7. The summed E-state index contributed by atoms with van der Waals surface area (Å²) >= 11 is 0. The molecule has 1 aliphatic rings. The first-order valence-corrected chi connectivity index (χ1v) is 7.33. The van der Waals surface area contributed by atoms with Gasteiger partial charge in [-0.1, -0.05) is 18.2 Å². The van der Waals surface area contributed by atoms with Crippen LogP contribution in [0.5, 0.6) is 0 Å². The molecule has 0 aliphatic carbocycles. The molecule has 1 heterocycles. The minimum atomic E-state index is -0.522. The van der Waals surface area contributed by atoms with E-state index >= 15 is 0 Å². The standard InChI is InChI=1S/C16H20N2O4/c1-10(2)22-15(20)7-8-17-16(21)12-9-14(19)18-13-6-4-3-5-11(12)13/h3-6,10,12H,7-9H2,1-2H3,(H,17,21)(H,18,19). The van der Waals surface area contributed by atoms with Crippen molar-refractivity contribution in [2.75, 3.05) is 11.9 Å². The van der Waals surface area contributed by atoms with Crippen LogP contribution in [-0.2, 0) is 19.1 Å². The predicted molar refractivity (Wildman–Crippen MR) is 81.3 cm³/mol. The Morgan fingerprint density at radius 3 is 2.82 bits per heavy atom. The summed E-state index contributed by atoms with van der Waals surface area (Å²) in [5.74, 6) is -1.30. The average Bonchev–Trinajstić information content (AvgIpc) is 2.45. The normalized spacial score (nSPS) is 16.7. The number of para-hydroxylation sites is 1. The minimum Gasteiger partial charge on any atom is -0.463 e. The summed E-state index contributed by atoms with van der Waals surface area (Å²) in [6, 6.07) is 7.23. The Balaban J connectivity index is 1.93. The van der Waals surface area contributed by atoms with Gasteiger partial charge in [-0.05, 0) is 25.5 Å². The Hall–Kier alpha value is -2.37. The molecule has 22 heavy (non-hydrogen) atoms. The van der Waals surface area contributed by atoms with Crippen LogP contribution in [0.1, 0.15) is 38.2 Å². The van der Waals surface area contributed by atoms with Crippen molar-refractivity contribution < 1.29 is 19.1 Å². The molecule has 1 unspecified atom stereocenters. The first-order valence-electron chi connectivity index (χ1n) is 7.33. The molecule has 0 saturated carbocycles. The van der Waals surface area contributed by atoms with Crippen LogP contribution in [-0.4, -0.2) is 30.4 Å². The fraction of sp³-hybridized carbons (Fsp3) is 0.438. The van der Waals surface area contributed by atoms with E-state index in [4.69, 9.17) is 4.74 Å². The van der Waals surface area contributed by atoms with Gasteiger partial charge in [0.1, 0.15) is 0 Å². The van der Waals surface area contributed by atoms with Crippen LogP contribution < -0.4 is 10.6 Å². The summed E-state index contributed by atoms with van der Waals surface area (Å²) in [5, 5.41) is 5.45. The van der Waals surface area contributed by atoms with Gasteiger partial charge in [0.25, 0.3) is 0 Å². The molecule has 0 aromatic heterocycles. The van der Waals surface area contributed by atoms with Crippen molar-refractivity contribution in [3.63, 3.8) is 0 Å². The molecule has 1 aromatic rings. The van der Waals surface area contributed by atoms with Crippen molar-refractivity contribution in [3.8, 4) is 0 Å². The first kappa shape index (κ1) is 16.0. The van der Waals surface area contributed by atoms with Crippen LogP contribution in [0.25, 0.3) is 0 Å². The van der Waals surface area contributed by atoms with E-state index < -0.39 is 5.92 Å². The number of carbonyl (C=O) groups excluding carboxylic acids is 3. The molecule has 2 rings (SSSR count). The van der Waals surface area contributed by atoms with E-state index in [1.807, 2.05) is 12.1 Å². The molecule has 6 heteroatoms. The van der Waals surface area contributed by atoms with Crippen LogP contribution in [0.2, 0.25) is 0 Å². The van der Waals surface area contributed by atoms with Crippen molar-refractivity contribution >= 4 is 23.5 Å². The summed E-state index contributed by atoms with van der Waals surface area (Å²) in [6.07, 6.45) is 0.0566. The lowest BCUT2D eigenvalue weighted by Gasteiger charge is -2.24. The Labute approximate surface area is 129 Å².